The second-order valence-corrected chi connectivity index (χ2v) is 8.37. The van der Waals surface area contributed by atoms with Gasteiger partial charge in [-0.05, 0) is 18.4 Å². The van der Waals surface area contributed by atoms with Crippen LogP contribution in [0.4, 0.5) is 5.13 Å². The van der Waals surface area contributed by atoms with Gasteiger partial charge in [-0.15, -0.1) is 11.3 Å². The number of piperazine rings is 1. The van der Waals surface area contributed by atoms with Crippen LogP contribution in [0.5, 0.6) is 0 Å². The van der Waals surface area contributed by atoms with Crippen LogP contribution >= 0.6 is 11.3 Å². The maximum absolute atomic E-state index is 12.6. The van der Waals surface area contributed by atoms with Crippen LogP contribution in [0.15, 0.2) is 35.7 Å². The number of hydrogen-bond donors (Lipinski definition) is 1. The van der Waals surface area contributed by atoms with E-state index in [1.165, 1.54) is 11.3 Å². The lowest BCUT2D eigenvalue weighted by molar-refractivity contribution is -0.140. The number of nitrogens with zero attached hydrogens (tertiary/aromatic N) is 3. The minimum atomic E-state index is -0.125. The molecule has 8 heteroatoms. The molecule has 3 amide bonds. The van der Waals surface area contributed by atoms with E-state index in [0.29, 0.717) is 43.4 Å². The molecule has 0 spiro atoms. The van der Waals surface area contributed by atoms with Gasteiger partial charge in [0.1, 0.15) is 0 Å². The fraction of sp³-hybridized carbons (Fsp3) is 0.429. The third-order valence-electron chi connectivity index (χ3n) is 5.21. The van der Waals surface area contributed by atoms with Crippen LogP contribution in [0.25, 0.3) is 0 Å². The summed E-state index contributed by atoms with van der Waals surface area (Å²) in [6, 6.07) is 9.53. The first-order valence-electron chi connectivity index (χ1n) is 9.93. The highest BCUT2D eigenvalue weighted by Crippen LogP contribution is 2.31. The Kier molecular flexibility index (Phi) is 5.89. The monoisotopic (exact) mass is 412 g/mol. The number of carbonyl (C=O) groups excluding carboxylic acids is 3. The summed E-state index contributed by atoms with van der Waals surface area (Å²) < 4.78 is 0. The van der Waals surface area contributed by atoms with Crippen molar-refractivity contribution in [2.45, 2.75) is 25.7 Å². The highest BCUT2D eigenvalue weighted by atomic mass is 32.1. The van der Waals surface area contributed by atoms with Gasteiger partial charge in [0.2, 0.25) is 17.7 Å². The molecule has 1 saturated heterocycles. The lowest BCUT2D eigenvalue weighted by atomic mass is 10.1. The van der Waals surface area contributed by atoms with E-state index < -0.39 is 0 Å². The average molecular weight is 413 g/mol. The number of amides is 3. The van der Waals surface area contributed by atoms with Gasteiger partial charge in [0.05, 0.1) is 18.5 Å². The molecule has 2 heterocycles. The quantitative estimate of drug-likeness (QED) is 0.786. The van der Waals surface area contributed by atoms with Crippen molar-refractivity contribution in [2.24, 2.45) is 5.92 Å². The number of benzene rings is 1. The Bertz CT molecular complexity index is 886. The van der Waals surface area contributed by atoms with Crippen molar-refractivity contribution >= 4 is 34.2 Å². The fourth-order valence-electron chi connectivity index (χ4n) is 3.42. The smallest absolute Gasteiger partial charge is 0.230 e. The third kappa shape index (κ3) is 5.20. The molecule has 1 aliphatic carbocycles. The number of hydrogen-bond acceptors (Lipinski definition) is 5. The van der Waals surface area contributed by atoms with Crippen LogP contribution in [0.3, 0.4) is 0 Å². The minimum Gasteiger partial charge on any atom is -0.339 e. The fourth-order valence-corrected chi connectivity index (χ4v) is 4.15. The molecule has 0 unspecified atom stereocenters. The van der Waals surface area contributed by atoms with Crippen molar-refractivity contribution in [3.05, 3.63) is 47.0 Å². The molecular weight excluding hydrogens is 388 g/mol. The Morgan fingerprint density at radius 2 is 1.69 bits per heavy atom. The van der Waals surface area contributed by atoms with Crippen LogP contribution in [0.2, 0.25) is 0 Å². The average Bonchev–Trinajstić information content (AvgIpc) is 3.49. The van der Waals surface area contributed by atoms with E-state index in [9.17, 15) is 14.4 Å². The molecule has 7 nitrogen and oxygen atoms in total. The van der Waals surface area contributed by atoms with E-state index in [2.05, 4.69) is 10.3 Å². The van der Waals surface area contributed by atoms with Crippen LogP contribution in [-0.4, -0.2) is 58.7 Å². The summed E-state index contributed by atoms with van der Waals surface area (Å²) >= 11 is 1.32. The zero-order valence-electron chi connectivity index (χ0n) is 16.2. The third-order valence-corrected chi connectivity index (χ3v) is 6.02. The van der Waals surface area contributed by atoms with Crippen molar-refractivity contribution in [3.8, 4) is 0 Å². The Morgan fingerprint density at radius 3 is 2.38 bits per heavy atom. The van der Waals surface area contributed by atoms with Gasteiger partial charge >= 0.3 is 0 Å². The SMILES string of the molecule is O=C(Cc1ccccc1)Nc1nc(CC(=O)N2CCN(C(=O)C3CC3)CC2)cs1. The molecule has 4 rings (SSSR count). The van der Waals surface area contributed by atoms with Gasteiger partial charge in [0, 0.05) is 37.5 Å². The molecular formula is C21H24N4O3S. The van der Waals surface area contributed by atoms with Gasteiger partial charge in [-0.25, -0.2) is 4.98 Å². The molecule has 152 valence electrons. The number of aromatic nitrogens is 1. The molecule has 1 aromatic heterocycles. The summed E-state index contributed by atoms with van der Waals surface area (Å²) in [5.41, 5.74) is 1.60. The minimum absolute atomic E-state index is 0.0102. The lowest BCUT2D eigenvalue weighted by Gasteiger charge is -2.34. The number of thiazole rings is 1. The van der Waals surface area contributed by atoms with Gasteiger partial charge in [0.25, 0.3) is 0 Å². The Morgan fingerprint density at radius 1 is 1.00 bits per heavy atom. The lowest BCUT2D eigenvalue weighted by Crippen LogP contribution is -2.51. The molecule has 1 aliphatic heterocycles. The van der Waals surface area contributed by atoms with Crippen LogP contribution in [0, 0.1) is 5.92 Å². The van der Waals surface area contributed by atoms with E-state index in [4.69, 9.17) is 0 Å². The van der Waals surface area contributed by atoms with Gasteiger partial charge in [-0.2, -0.15) is 0 Å². The van der Waals surface area contributed by atoms with Gasteiger partial charge in [-0.1, -0.05) is 30.3 Å². The molecule has 29 heavy (non-hydrogen) atoms. The highest BCUT2D eigenvalue weighted by molar-refractivity contribution is 7.13. The van der Waals surface area contributed by atoms with E-state index >= 15 is 0 Å². The Hall–Kier alpha value is -2.74. The molecule has 2 fully saturated rings. The Balaban J connectivity index is 1.24. The zero-order valence-corrected chi connectivity index (χ0v) is 17.0. The van der Waals surface area contributed by atoms with Gasteiger partial charge in [-0.3, -0.25) is 14.4 Å². The molecule has 0 bridgehead atoms. The molecule has 1 aromatic carbocycles. The van der Waals surface area contributed by atoms with Crippen molar-refractivity contribution in [1.29, 1.82) is 0 Å². The van der Waals surface area contributed by atoms with E-state index in [1.54, 1.807) is 4.90 Å². The molecule has 2 aliphatic rings. The standard InChI is InChI=1S/C21H24N4O3S/c26-18(12-15-4-2-1-3-5-15)23-21-22-17(14-29-21)13-19(27)24-8-10-25(11-9-24)20(28)16-6-7-16/h1-5,14,16H,6-13H2,(H,22,23,26). The highest BCUT2D eigenvalue weighted by Gasteiger charge is 2.35. The predicted molar refractivity (Wildman–Crippen MR) is 110 cm³/mol. The molecule has 2 aromatic rings. The first kappa shape index (κ1) is 19.6. The Labute approximate surface area is 173 Å². The van der Waals surface area contributed by atoms with Gasteiger partial charge < -0.3 is 15.1 Å². The predicted octanol–water partition coefficient (Wildman–Crippen LogP) is 1.95. The van der Waals surface area contributed by atoms with Crippen LogP contribution in [0.1, 0.15) is 24.1 Å². The number of carbonyl (C=O) groups is 3. The first-order valence-corrected chi connectivity index (χ1v) is 10.8. The topological polar surface area (TPSA) is 82.6 Å². The summed E-state index contributed by atoms with van der Waals surface area (Å²) in [6.07, 6.45) is 2.51. The molecule has 0 atom stereocenters. The van der Waals surface area contributed by atoms with Crippen molar-refractivity contribution in [2.75, 3.05) is 31.5 Å². The summed E-state index contributed by atoms with van der Waals surface area (Å²) in [7, 11) is 0. The summed E-state index contributed by atoms with van der Waals surface area (Å²) in [4.78, 5) is 44.9. The first-order chi connectivity index (χ1) is 14.1. The van der Waals surface area contributed by atoms with Crippen molar-refractivity contribution in [1.82, 2.24) is 14.8 Å². The van der Waals surface area contributed by atoms with E-state index in [-0.39, 0.29) is 30.1 Å². The summed E-state index contributed by atoms with van der Waals surface area (Å²) in [6.45, 7) is 2.36. The summed E-state index contributed by atoms with van der Waals surface area (Å²) in [5, 5.41) is 5.11. The second-order valence-electron chi connectivity index (χ2n) is 7.51. The van der Waals surface area contributed by atoms with E-state index in [0.717, 1.165) is 18.4 Å². The number of anilines is 1. The molecule has 1 saturated carbocycles. The molecule has 0 radical (unpaired) electrons. The maximum Gasteiger partial charge on any atom is 0.230 e. The normalized spacial score (nSPS) is 16.6. The maximum atomic E-state index is 12.6. The van der Waals surface area contributed by atoms with E-state index in [1.807, 2.05) is 40.6 Å². The van der Waals surface area contributed by atoms with Crippen LogP contribution in [-0.2, 0) is 27.2 Å². The zero-order chi connectivity index (χ0) is 20.2. The van der Waals surface area contributed by atoms with Crippen molar-refractivity contribution in [3.63, 3.8) is 0 Å². The number of rotatable bonds is 6. The summed E-state index contributed by atoms with van der Waals surface area (Å²) in [5.74, 6) is 0.353. The van der Waals surface area contributed by atoms with Crippen molar-refractivity contribution < 1.29 is 14.4 Å². The second kappa shape index (κ2) is 8.73. The largest absolute Gasteiger partial charge is 0.339 e. The van der Waals surface area contributed by atoms with Crippen LogP contribution < -0.4 is 5.32 Å². The van der Waals surface area contributed by atoms with Gasteiger partial charge in [0.15, 0.2) is 5.13 Å². The number of nitrogens with one attached hydrogen (secondary N) is 1. The molecule has 1 N–H and O–H groups in total.